The molecule has 110 valence electrons. The Morgan fingerprint density at radius 2 is 1.84 bits per heavy atom. The summed E-state index contributed by atoms with van der Waals surface area (Å²) in [5.41, 5.74) is 0.0255. The molecule has 1 N–H and O–H groups in total. The SMILES string of the molecule is CC1(C)CCCC2(C)C1CCC(C)(N=O)C2CCO. The lowest BCUT2D eigenvalue weighted by atomic mass is 9.45. The van der Waals surface area contributed by atoms with E-state index in [1.807, 2.05) is 6.92 Å². The fourth-order valence-electron chi connectivity index (χ4n) is 5.50. The molecule has 0 radical (unpaired) electrons. The molecule has 2 rings (SSSR count). The largest absolute Gasteiger partial charge is 0.396 e. The van der Waals surface area contributed by atoms with Crippen molar-refractivity contribution in [3.05, 3.63) is 4.91 Å². The Balaban J connectivity index is 2.40. The highest BCUT2D eigenvalue weighted by molar-refractivity contribution is 5.09. The van der Waals surface area contributed by atoms with Crippen LogP contribution < -0.4 is 0 Å². The highest BCUT2D eigenvalue weighted by atomic mass is 16.3. The second-order valence-corrected chi connectivity index (χ2v) is 7.95. The van der Waals surface area contributed by atoms with E-state index in [9.17, 15) is 10.0 Å². The summed E-state index contributed by atoms with van der Waals surface area (Å²) in [6, 6.07) is 0. The van der Waals surface area contributed by atoms with Crippen molar-refractivity contribution in [2.75, 3.05) is 6.61 Å². The van der Waals surface area contributed by atoms with Crippen LogP contribution in [0.3, 0.4) is 0 Å². The fraction of sp³-hybridized carbons (Fsp3) is 1.00. The number of nitrogens with zero attached hydrogens (tertiary/aromatic N) is 1. The summed E-state index contributed by atoms with van der Waals surface area (Å²) < 4.78 is 0. The van der Waals surface area contributed by atoms with E-state index in [1.165, 1.54) is 19.3 Å². The van der Waals surface area contributed by atoms with Crippen molar-refractivity contribution in [3.8, 4) is 0 Å². The third kappa shape index (κ3) is 2.24. The summed E-state index contributed by atoms with van der Waals surface area (Å²) in [4.78, 5) is 11.4. The first-order valence-corrected chi connectivity index (χ1v) is 7.75. The summed E-state index contributed by atoms with van der Waals surface area (Å²) >= 11 is 0. The highest BCUT2D eigenvalue weighted by Gasteiger charge is 2.58. The summed E-state index contributed by atoms with van der Waals surface area (Å²) in [7, 11) is 0. The zero-order chi connectivity index (χ0) is 14.3. The normalized spacial score (nSPS) is 45.5. The first-order valence-electron chi connectivity index (χ1n) is 7.75. The van der Waals surface area contributed by atoms with Crippen LogP contribution in [0.4, 0.5) is 0 Å². The van der Waals surface area contributed by atoms with Crippen molar-refractivity contribution in [2.24, 2.45) is 27.8 Å². The summed E-state index contributed by atoms with van der Waals surface area (Å²) in [5, 5.41) is 12.9. The standard InChI is InChI=1S/C16H29NO2/c1-14(2)8-5-9-15(3)12(14)6-10-16(4,17-19)13(15)7-11-18/h12-13,18H,5-11H2,1-4H3. The van der Waals surface area contributed by atoms with Gasteiger partial charge in [-0.1, -0.05) is 32.4 Å². The van der Waals surface area contributed by atoms with Crippen LogP contribution in [0.15, 0.2) is 5.18 Å². The molecule has 0 aliphatic heterocycles. The van der Waals surface area contributed by atoms with Gasteiger partial charge in [0.2, 0.25) is 0 Å². The second kappa shape index (κ2) is 4.83. The van der Waals surface area contributed by atoms with Crippen molar-refractivity contribution < 1.29 is 5.11 Å². The number of aliphatic hydroxyl groups is 1. The topological polar surface area (TPSA) is 49.7 Å². The van der Waals surface area contributed by atoms with Crippen LogP contribution in [0.1, 0.15) is 66.2 Å². The van der Waals surface area contributed by atoms with Gasteiger partial charge in [-0.2, -0.15) is 4.91 Å². The Labute approximate surface area is 117 Å². The van der Waals surface area contributed by atoms with Crippen LogP contribution in [-0.4, -0.2) is 17.3 Å². The molecule has 2 fully saturated rings. The lowest BCUT2D eigenvalue weighted by Crippen LogP contribution is -2.57. The van der Waals surface area contributed by atoms with E-state index >= 15 is 0 Å². The van der Waals surface area contributed by atoms with Gasteiger partial charge in [0.05, 0.1) is 0 Å². The number of aliphatic hydroxyl groups excluding tert-OH is 1. The van der Waals surface area contributed by atoms with E-state index in [1.54, 1.807) is 0 Å². The third-order valence-electron chi connectivity index (χ3n) is 6.39. The molecule has 0 heterocycles. The molecule has 4 atom stereocenters. The van der Waals surface area contributed by atoms with Crippen molar-refractivity contribution in [1.29, 1.82) is 0 Å². The van der Waals surface area contributed by atoms with Gasteiger partial charge in [0.15, 0.2) is 0 Å². The molecule has 0 aromatic carbocycles. The van der Waals surface area contributed by atoms with Crippen LogP contribution in [0.25, 0.3) is 0 Å². The van der Waals surface area contributed by atoms with Gasteiger partial charge in [0.1, 0.15) is 5.54 Å². The van der Waals surface area contributed by atoms with Gasteiger partial charge in [0, 0.05) is 6.61 Å². The van der Waals surface area contributed by atoms with E-state index in [0.717, 1.165) is 12.8 Å². The fourth-order valence-corrected chi connectivity index (χ4v) is 5.50. The van der Waals surface area contributed by atoms with Crippen molar-refractivity contribution in [1.82, 2.24) is 0 Å². The average Bonchev–Trinajstić information content (AvgIpc) is 2.33. The Hall–Kier alpha value is -0.440. The number of hydrogen-bond acceptors (Lipinski definition) is 3. The van der Waals surface area contributed by atoms with E-state index in [-0.39, 0.29) is 17.9 Å². The van der Waals surface area contributed by atoms with Crippen molar-refractivity contribution >= 4 is 0 Å². The quantitative estimate of drug-likeness (QED) is 0.781. The van der Waals surface area contributed by atoms with Gasteiger partial charge in [-0.05, 0) is 61.7 Å². The second-order valence-electron chi connectivity index (χ2n) is 7.95. The van der Waals surface area contributed by atoms with Crippen LogP contribution in [-0.2, 0) is 0 Å². The maximum atomic E-state index is 11.4. The molecule has 0 aromatic heterocycles. The lowest BCUT2D eigenvalue weighted by molar-refractivity contribution is -0.107. The first-order chi connectivity index (χ1) is 8.80. The van der Waals surface area contributed by atoms with Gasteiger partial charge in [-0.3, -0.25) is 0 Å². The predicted octanol–water partition coefficient (Wildman–Crippen LogP) is 4.14. The van der Waals surface area contributed by atoms with Crippen LogP contribution in [0.2, 0.25) is 0 Å². The minimum atomic E-state index is -0.485. The average molecular weight is 267 g/mol. The molecule has 3 heteroatoms. The molecule has 4 unspecified atom stereocenters. The van der Waals surface area contributed by atoms with Gasteiger partial charge in [-0.15, -0.1) is 0 Å². The van der Waals surface area contributed by atoms with Gasteiger partial charge in [0.25, 0.3) is 0 Å². The highest BCUT2D eigenvalue weighted by Crippen LogP contribution is 2.63. The van der Waals surface area contributed by atoms with Crippen molar-refractivity contribution in [2.45, 2.75) is 71.8 Å². The smallest absolute Gasteiger partial charge is 0.103 e. The minimum Gasteiger partial charge on any atom is -0.396 e. The monoisotopic (exact) mass is 267 g/mol. The molecule has 3 nitrogen and oxygen atoms in total. The van der Waals surface area contributed by atoms with Crippen molar-refractivity contribution in [3.63, 3.8) is 0 Å². The molecular formula is C16H29NO2. The molecule has 0 amide bonds. The van der Waals surface area contributed by atoms with E-state index < -0.39 is 5.54 Å². The minimum absolute atomic E-state index is 0.158. The Morgan fingerprint density at radius 1 is 1.16 bits per heavy atom. The number of hydrogen-bond donors (Lipinski definition) is 1. The van der Waals surface area contributed by atoms with Crippen LogP contribution >= 0.6 is 0 Å². The maximum absolute atomic E-state index is 11.4. The Morgan fingerprint density at radius 3 is 2.42 bits per heavy atom. The van der Waals surface area contributed by atoms with Crippen LogP contribution in [0.5, 0.6) is 0 Å². The lowest BCUT2D eigenvalue weighted by Gasteiger charge is -2.60. The Bertz CT molecular complexity index is 355. The molecule has 0 saturated heterocycles. The third-order valence-corrected chi connectivity index (χ3v) is 6.39. The molecule has 0 bridgehead atoms. The van der Waals surface area contributed by atoms with E-state index in [4.69, 9.17) is 0 Å². The zero-order valence-corrected chi connectivity index (χ0v) is 12.9. The summed E-state index contributed by atoms with van der Waals surface area (Å²) in [6.07, 6.45) is 6.39. The van der Waals surface area contributed by atoms with Gasteiger partial charge < -0.3 is 5.11 Å². The molecule has 2 saturated carbocycles. The number of nitroso groups, excluding NO2 is 1. The summed E-state index contributed by atoms with van der Waals surface area (Å²) in [6.45, 7) is 9.27. The molecule has 0 aromatic rings. The predicted molar refractivity (Wildman–Crippen MR) is 77.9 cm³/mol. The van der Waals surface area contributed by atoms with Gasteiger partial charge >= 0.3 is 0 Å². The molecule has 0 spiro atoms. The molecule has 2 aliphatic rings. The first kappa shape index (κ1) is 15.0. The van der Waals surface area contributed by atoms with Crippen LogP contribution in [0, 0.1) is 27.6 Å². The van der Waals surface area contributed by atoms with E-state index in [2.05, 4.69) is 25.9 Å². The zero-order valence-electron chi connectivity index (χ0n) is 12.9. The Kier molecular flexibility index (Phi) is 3.81. The van der Waals surface area contributed by atoms with Gasteiger partial charge in [-0.25, -0.2) is 0 Å². The molecule has 19 heavy (non-hydrogen) atoms. The summed E-state index contributed by atoms with van der Waals surface area (Å²) in [5.74, 6) is 0.876. The maximum Gasteiger partial charge on any atom is 0.103 e. The van der Waals surface area contributed by atoms with E-state index in [0.29, 0.717) is 17.8 Å². The number of fused-ring (bicyclic) bond motifs is 1. The number of rotatable bonds is 3. The molecular weight excluding hydrogens is 238 g/mol. The molecule has 2 aliphatic carbocycles.